The molecule has 1 atom stereocenters. The topological polar surface area (TPSA) is 78.7 Å². The van der Waals surface area contributed by atoms with Gasteiger partial charge in [0.2, 0.25) is 5.91 Å². The third-order valence-electron chi connectivity index (χ3n) is 3.80. The molecule has 1 aliphatic heterocycles. The monoisotopic (exact) mass is 304 g/mol. The second-order valence-electron chi connectivity index (χ2n) is 5.71. The molecule has 1 heterocycles. The summed E-state index contributed by atoms with van der Waals surface area (Å²) in [4.78, 5) is 27.3. The van der Waals surface area contributed by atoms with Gasteiger partial charge in [-0.3, -0.25) is 4.79 Å². The quantitative estimate of drug-likeness (QED) is 0.843. The van der Waals surface area contributed by atoms with Crippen molar-refractivity contribution in [2.24, 2.45) is 5.73 Å². The number of likely N-dealkylation sites (tertiary alicyclic amines) is 1. The minimum atomic E-state index is -0.172. The van der Waals surface area contributed by atoms with Crippen LogP contribution in [0.4, 0.5) is 4.79 Å². The average Bonchev–Trinajstić information content (AvgIpc) is 2.94. The maximum absolute atomic E-state index is 12.0. The molecule has 3 N–H and O–H groups in total. The normalized spacial score (nSPS) is 17.4. The Kier molecular flexibility index (Phi) is 5.77. The number of amides is 3. The molecule has 0 radical (unpaired) electrons. The van der Waals surface area contributed by atoms with Crippen LogP contribution in [0, 0.1) is 0 Å². The first-order valence-corrected chi connectivity index (χ1v) is 7.62. The summed E-state index contributed by atoms with van der Waals surface area (Å²) < 4.78 is 0. The molecule has 3 amide bonds. The van der Waals surface area contributed by atoms with Gasteiger partial charge in [0.25, 0.3) is 0 Å². The lowest BCUT2D eigenvalue weighted by Crippen LogP contribution is -2.39. The first-order chi connectivity index (χ1) is 10.6. The number of benzene rings is 1. The van der Waals surface area contributed by atoms with Crippen molar-refractivity contribution in [1.29, 1.82) is 0 Å². The van der Waals surface area contributed by atoms with Crippen LogP contribution < -0.4 is 11.1 Å². The highest BCUT2D eigenvalue weighted by atomic mass is 16.2. The molecule has 0 spiro atoms. The van der Waals surface area contributed by atoms with Crippen LogP contribution in [0.15, 0.2) is 30.3 Å². The molecule has 0 unspecified atom stereocenters. The smallest absolute Gasteiger partial charge is 0.317 e. The predicted octanol–water partition coefficient (Wildman–Crippen LogP) is 0.778. The van der Waals surface area contributed by atoms with Gasteiger partial charge in [-0.25, -0.2) is 4.79 Å². The molecule has 120 valence electrons. The number of urea groups is 1. The van der Waals surface area contributed by atoms with Gasteiger partial charge in [-0.2, -0.15) is 0 Å². The molecule has 2 rings (SSSR count). The van der Waals surface area contributed by atoms with E-state index in [2.05, 4.69) is 5.32 Å². The Morgan fingerprint density at radius 3 is 2.73 bits per heavy atom. The number of carbonyl (C=O) groups is 2. The third-order valence-corrected chi connectivity index (χ3v) is 3.80. The summed E-state index contributed by atoms with van der Waals surface area (Å²) in [6.45, 7) is 2.24. The Balaban J connectivity index is 1.68. The van der Waals surface area contributed by atoms with E-state index in [4.69, 9.17) is 5.73 Å². The number of nitrogens with zero attached hydrogens (tertiary/aromatic N) is 2. The van der Waals surface area contributed by atoms with Crippen LogP contribution >= 0.6 is 0 Å². The van der Waals surface area contributed by atoms with Crippen molar-refractivity contribution in [1.82, 2.24) is 15.1 Å². The zero-order chi connectivity index (χ0) is 15.9. The summed E-state index contributed by atoms with van der Waals surface area (Å²) in [7, 11) is 1.74. The maximum Gasteiger partial charge on any atom is 0.317 e. The summed E-state index contributed by atoms with van der Waals surface area (Å²) in [6.07, 6.45) is 1.18. The second-order valence-corrected chi connectivity index (χ2v) is 5.71. The molecule has 0 aromatic heterocycles. The Morgan fingerprint density at radius 2 is 2.09 bits per heavy atom. The molecule has 1 aliphatic rings. The molecule has 1 saturated heterocycles. The van der Waals surface area contributed by atoms with Crippen molar-refractivity contribution in [3.05, 3.63) is 35.9 Å². The van der Waals surface area contributed by atoms with E-state index in [0.717, 1.165) is 18.5 Å². The molecular weight excluding hydrogens is 280 g/mol. The van der Waals surface area contributed by atoms with E-state index in [0.29, 0.717) is 26.1 Å². The minimum absolute atomic E-state index is 0.0546. The van der Waals surface area contributed by atoms with Gasteiger partial charge in [0.15, 0.2) is 0 Å². The minimum Gasteiger partial charge on any atom is -0.341 e. The zero-order valence-corrected chi connectivity index (χ0v) is 13.0. The van der Waals surface area contributed by atoms with Crippen LogP contribution in [-0.4, -0.2) is 54.5 Å². The number of hydrogen-bond donors (Lipinski definition) is 2. The van der Waals surface area contributed by atoms with Crippen LogP contribution in [0.25, 0.3) is 0 Å². The fourth-order valence-corrected chi connectivity index (χ4v) is 2.51. The summed E-state index contributed by atoms with van der Waals surface area (Å²) in [5.41, 5.74) is 6.85. The first kappa shape index (κ1) is 16.3. The SMILES string of the molecule is CN(Cc1ccccc1)C(=O)NCCC(=O)N1CC[C@@H](N)C1. The Bertz CT molecular complexity index is 506. The van der Waals surface area contributed by atoms with Gasteiger partial charge in [-0.05, 0) is 12.0 Å². The lowest BCUT2D eigenvalue weighted by Gasteiger charge is -2.19. The van der Waals surface area contributed by atoms with Gasteiger partial charge in [-0.15, -0.1) is 0 Å². The van der Waals surface area contributed by atoms with E-state index in [1.807, 2.05) is 30.3 Å². The lowest BCUT2D eigenvalue weighted by atomic mass is 10.2. The number of nitrogens with one attached hydrogen (secondary N) is 1. The molecule has 22 heavy (non-hydrogen) atoms. The van der Waals surface area contributed by atoms with Crippen LogP contribution in [0.2, 0.25) is 0 Å². The van der Waals surface area contributed by atoms with Crippen LogP contribution in [-0.2, 0) is 11.3 Å². The standard InChI is InChI=1S/C16H24N4O2/c1-19(11-13-5-3-2-4-6-13)16(22)18-9-7-15(21)20-10-8-14(17)12-20/h2-6,14H,7-12,17H2,1H3,(H,18,22)/t14-/m1/s1. The molecule has 1 aromatic rings. The molecule has 6 nitrogen and oxygen atoms in total. The molecule has 0 bridgehead atoms. The van der Waals surface area contributed by atoms with Gasteiger partial charge >= 0.3 is 6.03 Å². The largest absolute Gasteiger partial charge is 0.341 e. The highest BCUT2D eigenvalue weighted by Crippen LogP contribution is 2.08. The lowest BCUT2D eigenvalue weighted by molar-refractivity contribution is -0.130. The van der Waals surface area contributed by atoms with E-state index in [-0.39, 0.29) is 18.0 Å². The number of carbonyl (C=O) groups excluding carboxylic acids is 2. The molecule has 0 aliphatic carbocycles. The number of hydrogen-bond acceptors (Lipinski definition) is 3. The highest BCUT2D eigenvalue weighted by molar-refractivity contribution is 5.78. The summed E-state index contributed by atoms with van der Waals surface area (Å²) >= 11 is 0. The third kappa shape index (κ3) is 4.73. The second kappa shape index (κ2) is 7.79. The molecule has 0 saturated carbocycles. The fourth-order valence-electron chi connectivity index (χ4n) is 2.51. The van der Waals surface area contributed by atoms with Gasteiger partial charge in [0, 0.05) is 45.7 Å². The van der Waals surface area contributed by atoms with Gasteiger partial charge < -0.3 is 20.9 Å². The van der Waals surface area contributed by atoms with Crippen molar-refractivity contribution < 1.29 is 9.59 Å². The summed E-state index contributed by atoms with van der Waals surface area (Å²) in [5, 5.41) is 2.78. The maximum atomic E-state index is 12.0. The first-order valence-electron chi connectivity index (χ1n) is 7.62. The van der Waals surface area contributed by atoms with Crippen molar-refractivity contribution in [3.8, 4) is 0 Å². The highest BCUT2D eigenvalue weighted by Gasteiger charge is 2.23. The predicted molar refractivity (Wildman–Crippen MR) is 85.1 cm³/mol. The van der Waals surface area contributed by atoms with E-state index in [9.17, 15) is 9.59 Å². The van der Waals surface area contributed by atoms with Crippen LogP contribution in [0.3, 0.4) is 0 Å². The van der Waals surface area contributed by atoms with Crippen LogP contribution in [0.1, 0.15) is 18.4 Å². The Hall–Kier alpha value is -2.08. The van der Waals surface area contributed by atoms with E-state index < -0.39 is 0 Å². The number of nitrogens with two attached hydrogens (primary N) is 1. The van der Waals surface area contributed by atoms with Crippen molar-refractivity contribution in [2.45, 2.75) is 25.4 Å². The fraction of sp³-hybridized carbons (Fsp3) is 0.500. The Labute approximate surface area is 131 Å². The van der Waals surface area contributed by atoms with Crippen molar-refractivity contribution in [2.75, 3.05) is 26.7 Å². The van der Waals surface area contributed by atoms with Gasteiger partial charge in [0.1, 0.15) is 0 Å². The molecule has 1 fully saturated rings. The van der Waals surface area contributed by atoms with E-state index in [1.54, 1.807) is 16.8 Å². The number of rotatable bonds is 5. The molecular formula is C16H24N4O2. The van der Waals surface area contributed by atoms with Gasteiger partial charge in [0.05, 0.1) is 0 Å². The Morgan fingerprint density at radius 1 is 1.36 bits per heavy atom. The summed E-state index contributed by atoms with van der Waals surface area (Å²) in [6, 6.07) is 9.71. The van der Waals surface area contributed by atoms with Gasteiger partial charge in [-0.1, -0.05) is 30.3 Å². The molecule has 1 aromatic carbocycles. The van der Waals surface area contributed by atoms with Crippen LogP contribution in [0.5, 0.6) is 0 Å². The average molecular weight is 304 g/mol. The molecule has 6 heteroatoms. The summed E-state index contributed by atoms with van der Waals surface area (Å²) in [5.74, 6) is 0.0546. The zero-order valence-electron chi connectivity index (χ0n) is 13.0. The van der Waals surface area contributed by atoms with E-state index >= 15 is 0 Å². The van der Waals surface area contributed by atoms with Crippen molar-refractivity contribution in [3.63, 3.8) is 0 Å². The van der Waals surface area contributed by atoms with E-state index in [1.165, 1.54) is 0 Å². The van der Waals surface area contributed by atoms with Crippen molar-refractivity contribution >= 4 is 11.9 Å².